The monoisotopic (exact) mass is 233 g/mol. The smallest absolute Gasteiger partial charge is 0.231 e. The van der Waals surface area contributed by atoms with Crippen LogP contribution in [0.25, 0.3) is 0 Å². The van der Waals surface area contributed by atoms with Crippen LogP contribution in [0.1, 0.15) is 27.7 Å². The van der Waals surface area contributed by atoms with Crippen LogP contribution in [-0.2, 0) is 9.59 Å². The van der Waals surface area contributed by atoms with E-state index in [2.05, 4.69) is 17.5 Å². The van der Waals surface area contributed by atoms with Crippen molar-refractivity contribution in [1.29, 1.82) is 0 Å². The van der Waals surface area contributed by atoms with E-state index >= 15 is 0 Å². The molecule has 1 aliphatic carbocycles. The normalized spacial score (nSPS) is 36.1. The summed E-state index contributed by atoms with van der Waals surface area (Å²) in [5.74, 6) is -0.393. The van der Waals surface area contributed by atoms with E-state index in [0.29, 0.717) is 0 Å². The number of hydrogen-bond donors (Lipinski definition) is 1. The molecule has 1 saturated heterocycles. The van der Waals surface area contributed by atoms with Gasteiger partial charge in [0.2, 0.25) is 11.8 Å². The molecule has 0 aromatic heterocycles. The first-order valence-corrected chi connectivity index (χ1v) is 6.10. The van der Waals surface area contributed by atoms with Gasteiger partial charge in [-0.1, -0.05) is 30.2 Å². The number of amides is 2. The van der Waals surface area contributed by atoms with E-state index in [1.807, 2.05) is 27.7 Å². The van der Waals surface area contributed by atoms with E-state index in [9.17, 15) is 9.59 Å². The highest BCUT2D eigenvalue weighted by Crippen LogP contribution is 2.42. The Morgan fingerprint density at radius 1 is 1.24 bits per heavy atom. The molecule has 1 fully saturated rings. The summed E-state index contributed by atoms with van der Waals surface area (Å²) < 4.78 is 0. The molecule has 2 aliphatic rings. The zero-order valence-corrected chi connectivity index (χ0v) is 10.8. The predicted octanol–water partition coefficient (Wildman–Crippen LogP) is 2.05. The van der Waals surface area contributed by atoms with E-state index in [1.165, 1.54) is 11.1 Å². The largest absolute Gasteiger partial charge is 0.296 e. The van der Waals surface area contributed by atoms with Gasteiger partial charge >= 0.3 is 0 Å². The molecular formula is C14H19NO2. The highest BCUT2D eigenvalue weighted by Gasteiger charge is 2.49. The number of rotatable bonds is 1. The van der Waals surface area contributed by atoms with E-state index in [0.717, 1.165) is 0 Å². The summed E-state index contributed by atoms with van der Waals surface area (Å²) in [4.78, 5) is 23.7. The molecule has 1 aliphatic heterocycles. The van der Waals surface area contributed by atoms with E-state index in [-0.39, 0.29) is 35.5 Å². The van der Waals surface area contributed by atoms with Crippen molar-refractivity contribution in [1.82, 2.24) is 5.32 Å². The molecule has 0 bridgehead atoms. The number of carbonyl (C=O) groups is 2. The molecule has 2 rings (SSSR count). The van der Waals surface area contributed by atoms with Crippen molar-refractivity contribution in [2.24, 2.45) is 23.7 Å². The Bertz CT molecular complexity index is 430. The molecule has 4 unspecified atom stereocenters. The van der Waals surface area contributed by atoms with E-state index in [4.69, 9.17) is 0 Å². The first kappa shape index (κ1) is 12.1. The summed E-state index contributed by atoms with van der Waals surface area (Å²) in [6, 6.07) is 0. The third kappa shape index (κ3) is 1.94. The molecule has 1 heterocycles. The average Bonchev–Trinajstić information content (AvgIpc) is 2.49. The topological polar surface area (TPSA) is 46.2 Å². The average molecular weight is 233 g/mol. The second kappa shape index (κ2) is 4.13. The van der Waals surface area contributed by atoms with Crippen molar-refractivity contribution in [3.63, 3.8) is 0 Å². The van der Waals surface area contributed by atoms with Crippen molar-refractivity contribution < 1.29 is 9.59 Å². The van der Waals surface area contributed by atoms with Gasteiger partial charge in [-0.2, -0.15) is 0 Å². The van der Waals surface area contributed by atoms with Crippen LogP contribution >= 0.6 is 0 Å². The van der Waals surface area contributed by atoms with Gasteiger partial charge in [0.25, 0.3) is 0 Å². The number of fused-ring (bicyclic) bond motifs is 1. The summed E-state index contributed by atoms with van der Waals surface area (Å²) in [5, 5.41) is 2.47. The van der Waals surface area contributed by atoms with Crippen LogP contribution in [0.5, 0.6) is 0 Å². The fourth-order valence-electron chi connectivity index (χ4n) is 2.95. The van der Waals surface area contributed by atoms with Crippen LogP contribution in [-0.4, -0.2) is 11.8 Å². The van der Waals surface area contributed by atoms with Crippen LogP contribution in [0.4, 0.5) is 0 Å². The van der Waals surface area contributed by atoms with Gasteiger partial charge < -0.3 is 0 Å². The third-order valence-electron chi connectivity index (χ3n) is 3.89. The summed E-state index contributed by atoms with van der Waals surface area (Å²) in [7, 11) is 0. The minimum absolute atomic E-state index is 0.0626. The molecule has 0 spiro atoms. The fourth-order valence-corrected chi connectivity index (χ4v) is 2.95. The first-order chi connectivity index (χ1) is 7.91. The number of nitrogens with one attached hydrogen (secondary N) is 1. The van der Waals surface area contributed by atoms with Gasteiger partial charge in [0, 0.05) is 5.92 Å². The van der Waals surface area contributed by atoms with Crippen molar-refractivity contribution >= 4 is 11.8 Å². The van der Waals surface area contributed by atoms with Crippen LogP contribution in [0.15, 0.2) is 23.3 Å². The van der Waals surface area contributed by atoms with Crippen LogP contribution in [0.2, 0.25) is 0 Å². The maximum Gasteiger partial charge on any atom is 0.231 e. The molecule has 4 atom stereocenters. The fraction of sp³-hybridized carbons (Fsp3) is 0.571. The van der Waals surface area contributed by atoms with Crippen molar-refractivity contribution in [3.8, 4) is 0 Å². The van der Waals surface area contributed by atoms with Gasteiger partial charge in [-0.05, 0) is 26.7 Å². The number of allylic oxidation sites excluding steroid dienone is 4. The summed E-state index contributed by atoms with van der Waals surface area (Å²) in [5.41, 5.74) is 2.39. The quantitative estimate of drug-likeness (QED) is 0.556. The molecule has 17 heavy (non-hydrogen) atoms. The standard InChI is InChI=1S/C14H19NO2/c1-7(2)5-10-6-8(3)9(4)11-12(10)14(17)15-13(11)16/h5-6,9-12H,1-4H3,(H,15,16,17). The molecule has 0 aromatic rings. The molecule has 92 valence electrons. The molecule has 3 nitrogen and oxygen atoms in total. The number of hydrogen-bond acceptors (Lipinski definition) is 2. The van der Waals surface area contributed by atoms with Crippen molar-refractivity contribution in [2.75, 3.05) is 0 Å². The van der Waals surface area contributed by atoms with E-state index in [1.54, 1.807) is 0 Å². The van der Waals surface area contributed by atoms with Gasteiger partial charge in [0.15, 0.2) is 0 Å². The Morgan fingerprint density at radius 3 is 2.41 bits per heavy atom. The van der Waals surface area contributed by atoms with Crippen LogP contribution in [0, 0.1) is 23.7 Å². The van der Waals surface area contributed by atoms with Gasteiger partial charge in [-0.3, -0.25) is 14.9 Å². The van der Waals surface area contributed by atoms with Crippen LogP contribution < -0.4 is 5.32 Å². The van der Waals surface area contributed by atoms with Gasteiger partial charge in [0.05, 0.1) is 11.8 Å². The summed E-state index contributed by atoms with van der Waals surface area (Å²) in [6.07, 6.45) is 4.22. The minimum atomic E-state index is -0.212. The first-order valence-electron chi connectivity index (χ1n) is 6.10. The second-order valence-electron chi connectivity index (χ2n) is 5.43. The Hall–Kier alpha value is -1.38. The lowest BCUT2D eigenvalue weighted by molar-refractivity contribution is -0.126. The molecule has 2 amide bonds. The van der Waals surface area contributed by atoms with E-state index < -0.39 is 0 Å². The minimum Gasteiger partial charge on any atom is -0.296 e. The van der Waals surface area contributed by atoms with Gasteiger partial charge in [0.1, 0.15) is 0 Å². The van der Waals surface area contributed by atoms with Crippen molar-refractivity contribution in [2.45, 2.75) is 27.7 Å². The predicted molar refractivity (Wildman–Crippen MR) is 66.0 cm³/mol. The Kier molecular flexibility index (Phi) is 2.94. The Morgan fingerprint density at radius 2 is 1.82 bits per heavy atom. The molecule has 0 aromatic carbocycles. The highest BCUT2D eigenvalue weighted by atomic mass is 16.2. The zero-order chi connectivity index (χ0) is 12.7. The molecule has 3 heteroatoms. The number of carbonyl (C=O) groups excluding carboxylic acids is 2. The lowest BCUT2D eigenvalue weighted by Gasteiger charge is -2.32. The zero-order valence-electron chi connectivity index (χ0n) is 10.8. The lowest BCUT2D eigenvalue weighted by Crippen LogP contribution is -2.33. The number of imide groups is 1. The third-order valence-corrected chi connectivity index (χ3v) is 3.89. The maximum absolute atomic E-state index is 11.9. The molecular weight excluding hydrogens is 214 g/mol. The highest BCUT2D eigenvalue weighted by molar-refractivity contribution is 6.06. The van der Waals surface area contributed by atoms with Gasteiger partial charge in [-0.15, -0.1) is 0 Å². The maximum atomic E-state index is 11.9. The molecule has 0 saturated carbocycles. The van der Waals surface area contributed by atoms with Crippen molar-refractivity contribution in [3.05, 3.63) is 23.3 Å². The second-order valence-corrected chi connectivity index (χ2v) is 5.43. The Balaban J connectivity index is 2.44. The summed E-state index contributed by atoms with van der Waals surface area (Å²) >= 11 is 0. The molecule has 1 N–H and O–H groups in total. The lowest BCUT2D eigenvalue weighted by atomic mass is 9.69. The molecule has 0 radical (unpaired) electrons. The van der Waals surface area contributed by atoms with Gasteiger partial charge in [-0.25, -0.2) is 0 Å². The van der Waals surface area contributed by atoms with Crippen LogP contribution in [0.3, 0.4) is 0 Å². The SMILES string of the molecule is CC(C)=CC1C=C(C)C(C)C2C(=O)NC(=O)C12. The Labute approximate surface area is 102 Å². The summed E-state index contributed by atoms with van der Waals surface area (Å²) in [6.45, 7) is 8.11.